The Morgan fingerprint density at radius 2 is 1.83 bits per heavy atom. The van der Waals surface area contributed by atoms with Crippen molar-refractivity contribution in [1.82, 2.24) is 9.55 Å². The van der Waals surface area contributed by atoms with Crippen LogP contribution in [0.2, 0.25) is 5.15 Å². The molecular weight excluding hydrogens is 322 g/mol. The van der Waals surface area contributed by atoms with Crippen LogP contribution in [-0.4, -0.2) is 16.7 Å². The molecule has 24 heavy (non-hydrogen) atoms. The molecular formula is C19H16ClN3O. The van der Waals surface area contributed by atoms with Gasteiger partial charge in [0.1, 0.15) is 11.6 Å². The van der Waals surface area contributed by atoms with Gasteiger partial charge in [-0.3, -0.25) is 0 Å². The molecule has 2 aromatic carbocycles. The van der Waals surface area contributed by atoms with Gasteiger partial charge < -0.3 is 9.30 Å². The van der Waals surface area contributed by atoms with Gasteiger partial charge in [0.15, 0.2) is 5.15 Å². The quantitative estimate of drug-likeness (QED) is 0.696. The van der Waals surface area contributed by atoms with Crippen molar-refractivity contribution in [2.45, 2.75) is 13.0 Å². The minimum Gasteiger partial charge on any atom is -0.496 e. The van der Waals surface area contributed by atoms with E-state index in [1.807, 2.05) is 59.2 Å². The zero-order chi connectivity index (χ0) is 16.9. The third kappa shape index (κ3) is 3.12. The Morgan fingerprint density at radius 3 is 2.54 bits per heavy atom. The van der Waals surface area contributed by atoms with Gasteiger partial charge in [-0.1, -0.05) is 54.1 Å². The van der Waals surface area contributed by atoms with Gasteiger partial charge >= 0.3 is 0 Å². The monoisotopic (exact) mass is 337 g/mol. The highest BCUT2D eigenvalue weighted by atomic mass is 35.5. The Morgan fingerprint density at radius 1 is 1.12 bits per heavy atom. The number of hydrogen-bond donors (Lipinski definition) is 0. The fourth-order valence-electron chi connectivity index (χ4n) is 2.67. The molecule has 0 radical (unpaired) electrons. The summed E-state index contributed by atoms with van der Waals surface area (Å²) < 4.78 is 7.44. The molecule has 0 atom stereocenters. The second-order valence-electron chi connectivity index (χ2n) is 5.28. The van der Waals surface area contributed by atoms with Crippen LogP contribution in [0.4, 0.5) is 0 Å². The summed E-state index contributed by atoms with van der Waals surface area (Å²) >= 11 is 6.32. The van der Waals surface area contributed by atoms with Gasteiger partial charge in [0.2, 0.25) is 0 Å². The Balaban J connectivity index is 2.16. The molecule has 5 heteroatoms. The summed E-state index contributed by atoms with van der Waals surface area (Å²) in [6, 6.07) is 19.8. The molecule has 0 saturated heterocycles. The fraction of sp³-hybridized carbons (Fsp3) is 0.158. The number of methoxy groups -OCH3 is 1. The zero-order valence-corrected chi connectivity index (χ0v) is 14.0. The summed E-state index contributed by atoms with van der Waals surface area (Å²) in [7, 11) is 1.63. The van der Waals surface area contributed by atoms with E-state index in [-0.39, 0.29) is 6.42 Å². The van der Waals surface area contributed by atoms with Crippen molar-refractivity contribution in [3.63, 3.8) is 0 Å². The molecule has 0 aliphatic rings. The van der Waals surface area contributed by atoms with Gasteiger partial charge in [-0.2, -0.15) is 5.26 Å². The third-order valence-corrected chi connectivity index (χ3v) is 4.10. The summed E-state index contributed by atoms with van der Waals surface area (Å²) in [6.07, 6.45) is 0.202. The predicted octanol–water partition coefficient (Wildman–Crippen LogP) is 4.33. The standard InChI is InChI=1S/C19H16ClN3O/c1-24-17-10-6-5-9-15(17)19-22-18(20)16(11-12-21)23(19)13-14-7-3-2-4-8-14/h2-10H,11,13H2,1H3. The molecule has 0 N–H and O–H groups in total. The average Bonchev–Trinajstić information content (AvgIpc) is 2.92. The second kappa shape index (κ2) is 7.20. The van der Waals surface area contributed by atoms with E-state index in [0.29, 0.717) is 23.2 Å². The Labute approximate surface area is 145 Å². The van der Waals surface area contributed by atoms with Crippen molar-refractivity contribution >= 4 is 11.6 Å². The Hall–Kier alpha value is -2.77. The van der Waals surface area contributed by atoms with E-state index >= 15 is 0 Å². The van der Waals surface area contributed by atoms with Gasteiger partial charge in [-0.05, 0) is 17.7 Å². The van der Waals surface area contributed by atoms with E-state index < -0.39 is 0 Å². The topological polar surface area (TPSA) is 50.8 Å². The molecule has 3 rings (SSSR count). The second-order valence-corrected chi connectivity index (χ2v) is 5.64. The van der Waals surface area contributed by atoms with Gasteiger partial charge in [0, 0.05) is 6.54 Å². The number of ether oxygens (including phenoxy) is 1. The number of aromatic nitrogens is 2. The molecule has 1 heterocycles. The van der Waals surface area contributed by atoms with E-state index in [0.717, 1.165) is 16.9 Å². The minimum atomic E-state index is 0.202. The number of rotatable bonds is 5. The van der Waals surface area contributed by atoms with Crippen LogP contribution in [0.25, 0.3) is 11.4 Å². The van der Waals surface area contributed by atoms with Gasteiger partial charge in [-0.25, -0.2) is 4.98 Å². The highest BCUT2D eigenvalue weighted by molar-refractivity contribution is 6.30. The van der Waals surface area contributed by atoms with Crippen molar-refractivity contribution in [3.8, 4) is 23.2 Å². The normalized spacial score (nSPS) is 10.4. The van der Waals surface area contributed by atoms with Gasteiger partial charge in [-0.15, -0.1) is 0 Å². The number of para-hydroxylation sites is 1. The van der Waals surface area contributed by atoms with Gasteiger partial charge in [0.25, 0.3) is 0 Å². The molecule has 4 nitrogen and oxygen atoms in total. The molecule has 0 aliphatic heterocycles. The van der Waals surface area contributed by atoms with Crippen LogP contribution in [0.15, 0.2) is 54.6 Å². The van der Waals surface area contributed by atoms with E-state index in [4.69, 9.17) is 21.6 Å². The number of hydrogen-bond acceptors (Lipinski definition) is 3. The maximum absolute atomic E-state index is 9.14. The van der Waals surface area contributed by atoms with Crippen LogP contribution in [0.1, 0.15) is 11.3 Å². The summed E-state index contributed by atoms with van der Waals surface area (Å²) in [6.45, 7) is 0.588. The average molecular weight is 338 g/mol. The highest BCUT2D eigenvalue weighted by Crippen LogP contribution is 2.32. The van der Waals surface area contributed by atoms with Crippen molar-refractivity contribution < 1.29 is 4.74 Å². The Kier molecular flexibility index (Phi) is 4.83. The number of halogens is 1. The molecule has 120 valence electrons. The number of nitrogens with zero attached hydrogens (tertiary/aromatic N) is 3. The van der Waals surface area contributed by atoms with Crippen LogP contribution in [0, 0.1) is 11.3 Å². The molecule has 0 bridgehead atoms. The van der Waals surface area contributed by atoms with E-state index in [9.17, 15) is 0 Å². The van der Waals surface area contributed by atoms with Crippen molar-refractivity contribution in [1.29, 1.82) is 5.26 Å². The molecule has 0 fully saturated rings. The van der Waals surface area contributed by atoms with E-state index in [2.05, 4.69) is 11.1 Å². The molecule has 0 aliphatic carbocycles. The largest absolute Gasteiger partial charge is 0.496 e. The summed E-state index contributed by atoms with van der Waals surface area (Å²) in [5, 5.41) is 9.50. The van der Waals surface area contributed by atoms with E-state index in [1.165, 1.54) is 0 Å². The maximum atomic E-state index is 9.14. The lowest BCUT2D eigenvalue weighted by Gasteiger charge is -2.13. The number of benzene rings is 2. The number of imidazole rings is 1. The third-order valence-electron chi connectivity index (χ3n) is 3.80. The first-order valence-corrected chi connectivity index (χ1v) is 7.91. The predicted molar refractivity (Wildman–Crippen MR) is 94.1 cm³/mol. The summed E-state index contributed by atoms with van der Waals surface area (Å²) in [4.78, 5) is 4.50. The van der Waals surface area contributed by atoms with Crippen LogP contribution < -0.4 is 4.74 Å². The zero-order valence-electron chi connectivity index (χ0n) is 13.2. The fourth-order valence-corrected chi connectivity index (χ4v) is 2.92. The maximum Gasteiger partial charge on any atom is 0.152 e. The van der Waals surface area contributed by atoms with Gasteiger partial charge in [0.05, 0.1) is 30.9 Å². The molecule has 0 amide bonds. The lowest BCUT2D eigenvalue weighted by molar-refractivity contribution is 0.416. The SMILES string of the molecule is COc1ccccc1-c1nc(Cl)c(CC#N)n1Cc1ccccc1. The van der Waals surface area contributed by atoms with Crippen molar-refractivity contribution in [3.05, 3.63) is 71.0 Å². The van der Waals surface area contributed by atoms with Crippen LogP contribution in [0.3, 0.4) is 0 Å². The highest BCUT2D eigenvalue weighted by Gasteiger charge is 2.19. The first-order valence-electron chi connectivity index (χ1n) is 7.53. The first kappa shape index (κ1) is 16.1. The minimum absolute atomic E-state index is 0.202. The summed E-state index contributed by atoms with van der Waals surface area (Å²) in [5.41, 5.74) is 2.67. The molecule has 1 aromatic heterocycles. The van der Waals surface area contributed by atoms with Crippen molar-refractivity contribution in [2.24, 2.45) is 0 Å². The van der Waals surface area contributed by atoms with Crippen LogP contribution >= 0.6 is 11.6 Å². The lowest BCUT2D eigenvalue weighted by Crippen LogP contribution is -2.07. The van der Waals surface area contributed by atoms with Crippen LogP contribution in [-0.2, 0) is 13.0 Å². The van der Waals surface area contributed by atoms with Crippen LogP contribution in [0.5, 0.6) is 5.75 Å². The lowest BCUT2D eigenvalue weighted by atomic mass is 10.1. The number of nitriles is 1. The van der Waals surface area contributed by atoms with E-state index in [1.54, 1.807) is 7.11 Å². The molecule has 0 spiro atoms. The smallest absolute Gasteiger partial charge is 0.152 e. The molecule has 0 saturated carbocycles. The summed E-state index contributed by atoms with van der Waals surface area (Å²) in [5.74, 6) is 1.42. The molecule has 3 aromatic rings. The van der Waals surface area contributed by atoms with Crippen molar-refractivity contribution in [2.75, 3.05) is 7.11 Å². The first-order chi connectivity index (χ1) is 11.7. The Bertz CT molecular complexity index is 881. The molecule has 0 unspecified atom stereocenters.